The Morgan fingerprint density at radius 1 is 1.15 bits per heavy atom. The van der Waals surface area contributed by atoms with E-state index >= 15 is 0 Å². The molecule has 0 radical (unpaired) electrons. The van der Waals surface area contributed by atoms with Crippen LogP contribution in [0.25, 0.3) is 23.1 Å². The van der Waals surface area contributed by atoms with Crippen LogP contribution in [0, 0.1) is 0 Å². The van der Waals surface area contributed by atoms with Gasteiger partial charge >= 0.3 is 5.97 Å². The number of phenols is 1. The lowest BCUT2D eigenvalue weighted by molar-refractivity contribution is -0.136. The molecule has 33 heavy (non-hydrogen) atoms. The first kappa shape index (κ1) is 22.0. The van der Waals surface area contributed by atoms with Crippen LogP contribution in [0.2, 0.25) is 0 Å². The van der Waals surface area contributed by atoms with Crippen LogP contribution in [-0.4, -0.2) is 58.8 Å². The van der Waals surface area contributed by atoms with E-state index in [-0.39, 0.29) is 42.6 Å². The van der Waals surface area contributed by atoms with Gasteiger partial charge in [-0.05, 0) is 29.8 Å². The zero-order valence-corrected chi connectivity index (χ0v) is 18.0. The fourth-order valence-electron chi connectivity index (χ4n) is 3.65. The molecule has 0 saturated carbocycles. The smallest absolute Gasteiger partial charge is 0.337 e. The summed E-state index contributed by atoms with van der Waals surface area (Å²) < 4.78 is 4.84. The van der Waals surface area contributed by atoms with Gasteiger partial charge in [0.25, 0.3) is 5.91 Å². The van der Waals surface area contributed by atoms with E-state index in [0.717, 1.165) is 10.9 Å². The second-order valence-corrected chi connectivity index (χ2v) is 7.43. The minimum absolute atomic E-state index is 0.0664. The van der Waals surface area contributed by atoms with Crippen molar-refractivity contribution in [3.63, 3.8) is 0 Å². The summed E-state index contributed by atoms with van der Waals surface area (Å²) in [6.45, 7) is -0.0233. The Balaban J connectivity index is 1.64. The first-order valence-corrected chi connectivity index (χ1v) is 10.4. The Bertz CT molecular complexity index is 1280. The van der Waals surface area contributed by atoms with E-state index in [1.807, 2.05) is 42.5 Å². The van der Waals surface area contributed by atoms with Gasteiger partial charge in [0.2, 0.25) is 0 Å². The predicted octanol–water partition coefficient (Wildman–Crippen LogP) is 2.78. The van der Waals surface area contributed by atoms with Gasteiger partial charge in [-0.2, -0.15) is 0 Å². The molecule has 8 heteroatoms. The fraction of sp³-hybridized carbons (Fsp3) is 0.160. The van der Waals surface area contributed by atoms with Crippen LogP contribution in [-0.2, 0) is 14.3 Å². The van der Waals surface area contributed by atoms with E-state index in [9.17, 15) is 19.8 Å². The molecule has 1 aliphatic heterocycles. The van der Waals surface area contributed by atoms with Crippen LogP contribution in [0.15, 0.2) is 65.9 Å². The number of hydrogen-bond donors (Lipinski definition) is 3. The third-order valence-corrected chi connectivity index (χ3v) is 5.33. The molecule has 168 valence electrons. The molecule has 0 atom stereocenters. The Morgan fingerprint density at radius 2 is 1.97 bits per heavy atom. The number of esters is 1. The number of pyridine rings is 1. The van der Waals surface area contributed by atoms with Crippen molar-refractivity contribution >= 4 is 40.6 Å². The zero-order valence-electron chi connectivity index (χ0n) is 18.0. The highest BCUT2D eigenvalue weighted by Gasteiger charge is 2.34. The second kappa shape index (κ2) is 9.54. The molecule has 3 N–H and O–H groups in total. The van der Waals surface area contributed by atoms with E-state index < -0.39 is 5.97 Å². The van der Waals surface area contributed by atoms with Crippen molar-refractivity contribution in [2.75, 3.05) is 32.1 Å². The number of nitrogens with one attached hydrogen (secondary N) is 1. The first-order valence-electron chi connectivity index (χ1n) is 10.4. The molecule has 0 unspecified atom stereocenters. The highest BCUT2D eigenvalue weighted by Crippen LogP contribution is 2.27. The average Bonchev–Trinajstić information content (AvgIpc) is 3.13. The van der Waals surface area contributed by atoms with Crippen LogP contribution in [0.4, 0.5) is 5.69 Å². The van der Waals surface area contributed by atoms with E-state index in [4.69, 9.17) is 4.74 Å². The second-order valence-electron chi connectivity index (χ2n) is 7.43. The minimum atomic E-state index is -0.598. The summed E-state index contributed by atoms with van der Waals surface area (Å²) in [5.41, 5.74) is 2.89. The molecular formula is C25H23N3O5. The number of anilines is 1. The quantitative estimate of drug-likeness (QED) is 0.480. The van der Waals surface area contributed by atoms with Gasteiger partial charge < -0.3 is 25.2 Å². The molecule has 0 spiro atoms. The normalized spacial score (nSPS) is 13.9. The van der Waals surface area contributed by atoms with Gasteiger partial charge in [-0.3, -0.25) is 4.79 Å². The summed E-state index contributed by atoms with van der Waals surface area (Å²) in [5, 5.41) is 23.2. The number of β-amino-alcohol motifs (C(OH)–C–C–N with tert-alkyl or cyclic N) is 1. The third kappa shape index (κ3) is 4.56. The number of aliphatic hydroxyl groups is 1. The van der Waals surface area contributed by atoms with Gasteiger partial charge in [0.15, 0.2) is 0 Å². The number of aromatic nitrogens is 1. The molecule has 3 aromatic rings. The number of ether oxygens (including phenoxy) is 1. The van der Waals surface area contributed by atoms with Crippen LogP contribution in [0.1, 0.15) is 11.3 Å². The number of methoxy groups -OCH3 is 1. The molecule has 1 amide bonds. The number of amides is 1. The van der Waals surface area contributed by atoms with Gasteiger partial charge in [0, 0.05) is 17.6 Å². The highest BCUT2D eigenvalue weighted by molar-refractivity contribution is 6.08. The summed E-state index contributed by atoms with van der Waals surface area (Å²) in [5.74, 6) is -0.867. The van der Waals surface area contributed by atoms with Crippen LogP contribution >= 0.6 is 0 Å². The number of hydrogen-bond acceptors (Lipinski definition) is 7. The third-order valence-electron chi connectivity index (χ3n) is 5.33. The molecule has 0 fully saturated rings. The van der Waals surface area contributed by atoms with Gasteiger partial charge in [0.05, 0.1) is 31.5 Å². The van der Waals surface area contributed by atoms with E-state index in [1.165, 1.54) is 12.0 Å². The monoisotopic (exact) mass is 445 g/mol. The van der Waals surface area contributed by atoms with Crippen molar-refractivity contribution in [2.24, 2.45) is 0 Å². The number of fused-ring (bicyclic) bond motifs is 1. The van der Waals surface area contributed by atoms with Gasteiger partial charge in [-0.15, -0.1) is 0 Å². The fourth-order valence-corrected chi connectivity index (χ4v) is 3.65. The van der Waals surface area contributed by atoms with Crippen LogP contribution in [0.3, 0.4) is 0 Å². The highest BCUT2D eigenvalue weighted by atomic mass is 16.5. The number of nitrogens with zero attached hydrogens (tertiary/aromatic N) is 2. The molecule has 1 aliphatic rings. The molecule has 4 rings (SSSR count). The average molecular weight is 445 g/mol. The van der Waals surface area contributed by atoms with Crippen molar-refractivity contribution in [3.8, 4) is 5.75 Å². The molecule has 0 saturated heterocycles. The maximum absolute atomic E-state index is 12.8. The summed E-state index contributed by atoms with van der Waals surface area (Å²) in [7, 11) is 1.26. The van der Waals surface area contributed by atoms with Crippen molar-refractivity contribution in [1.29, 1.82) is 0 Å². The number of rotatable bonds is 7. The van der Waals surface area contributed by atoms with Crippen molar-refractivity contribution < 1.29 is 24.5 Å². The van der Waals surface area contributed by atoms with Crippen molar-refractivity contribution in [1.82, 2.24) is 9.88 Å². The van der Waals surface area contributed by atoms with E-state index in [1.54, 1.807) is 24.3 Å². The van der Waals surface area contributed by atoms with Crippen molar-refractivity contribution in [3.05, 3.63) is 77.1 Å². The standard InChI is InChI=1S/C25H23N3O5/c1-33-25(32)19-15-28(13-14-29)24(31)23(19)27-20-7-3-2-5-16(20)9-11-18-12-10-17-6-4-8-21(30)22(17)26-18/h2-12,27,29-30H,13-15H2,1H3. The minimum Gasteiger partial charge on any atom is -0.506 e. The summed E-state index contributed by atoms with van der Waals surface area (Å²) in [6.07, 6.45) is 3.64. The Kier molecular flexibility index (Phi) is 6.37. The largest absolute Gasteiger partial charge is 0.506 e. The maximum atomic E-state index is 12.8. The number of para-hydroxylation sites is 2. The molecule has 2 heterocycles. The topological polar surface area (TPSA) is 112 Å². The van der Waals surface area contributed by atoms with Gasteiger partial charge in [0.1, 0.15) is 17.0 Å². The first-order chi connectivity index (χ1) is 16.0. The van der Waals surface area contributed by atoms with Crippen LogP contribution in [0.5, 0.6) is 5.75 Å². The summed E-state index contributed by atoms with van der Waals surface area (Å²) >= 11 is 0. The number of aliphatic hydroxyl groups excluding tert-OH is 1. The number of aromatic hydroxyl groups is 1. The molecule has 1 aromatic heterocycles. The Hall–Kier alpha value is -4.17. The summed E-state index contributed by atoms with van der Waals surface area (Å²) in [4.78, 5) is 30.9. The molecule has 8 nitrogen and oxygen atoms in total. The van der Waals surface area contributed by atoms with Crippen LogP contribution < -0.4 is 5.32 Å². The van der Waals surface area contributed by atoms with Gasteiger partial charge in [-0.1, -0.05) is 42.5 Å². The molecular weight excluding hydrogens is 422 g/mol. The van der Waals surface area contributed by atoms with Gasteiger partial charge in [-0.25, -0.2) is 9.78 Å². The Morgan fingerprint density at radius 3 is 2.76 bits per heavy atom. The lowest BCUT2D eigenvalue weighted by atomic mass is 10.1. The van der Waals surface area contributed by atoms with E-state index in [0.29, 0.717) is 16.9 Å². The zero-order chi connectivity index (χ0) is 23.4. The summed E-state index contributed by atoms with van der Waals surface area (Å²) in [6, 6.07) is 16.3. The lowest BCUT2D eigenvalue weighted by Crippen LogP contribution is -2.31. The SMILES string of the molecule is COC(=O)C1=C(Nc2ccccc2C=Cc2ccc3cccc(O)c3n2)C(=O)N(CCO)C1. The number of carbonyl (C=O) groups excluding carboxylic acids is 2. The lowest BCUT2D eigenvalue weighted by Gasteiger charge is -2.15. The number of carbonyl (C=O) groups is 2. The Labute approximate surface area is 190 Å². The molecule has 0 bridgehead atoms. The number of benzene rings is 2. The maximum Gasteiger partial charge on any atom is 0.337 e. The van der Waals surface area contributed by atoms with Crippen molar-refractivity contribution in [2.45, 2.75) is 0 Å². The molecule has 2 aromatic carbocycles. The predicted molar refractivity (Wildman–Crippen MR) is 125 cm³/mol. The van der Waals surface area contributed by atoms with E-state index in [2.05, 4.69) is 10.3 Å². The molecule has 0 aliphatic carbocycles. The number of phenolic OH excluding ortho intramolecular Hbond substituents is 1.